The number of rotatable bonds is 9. The van der Waals surface area contributed by atoms with Crippen LogP contribution in [0, 0.1) is 0 Å². The Kier molecular flexibility index (Phi) is 8.29. The van der Waals surface area contributed by atoms with Crippen LogP contribution in [0.4, 0.5) is 0 Å². The minimum Gasteiger partial charge on any atom is -0.493 e. The molecule has 0 atom stereocenters. The smallest absolute Gasteiger partial charge is 0.308 e. The van der Waals surface area contributed by atoms with Crippen molar-refractivity contribution < 1.29 is 33.3 Å². The molecule has 0 N–H and O–H groups in total. The van der Waals surface area contributed by atoms with Gasteiger partial charge in [-0.1, -0.05) is 48.6 Å². The Bertz CT molecular complexity index is 1180. The monoisotopic (exact) mass is 462 g/mol. The first kappa shape index (κ1) is 24.4. The van der Waals surface area contributed by atoms with Crippen LogP contribution in [-0.4, -0.2) is 26.2 Å². The molecule has 0 heterocycles. The summed E-state index contributed by atoms with van der Waals surface area (Å²) in [5.41, 5.74) is 2.36. The van der Waals surface area contributed by atoms with E-state index in [-0.39, 0.29) is 17.2 Å². The molecule has 3 aromatic carbocycles. The Morgan fingerprint density at radius 3 is 2.12 bits per heavy atom. The summed E-state index contributed by atoms with van der Waals surface area (Å²) in [6, 6.07) is 18.4. The Hall–Kier alpha value is -4.26. The normalized spacial score (nSPS) is 10.6. The van der Waals surface area contributed by atoms with Crippen LogP contribution in [0.2, 0.25) is 0 Å². The van der Waals surface area contributed by atoms with E-state index in [4.69, 9.17) is 23.7 Å². The van der Waals surface area contributed by atoms with Crippen molar-refractivity contribution in [1.29, 1.82) is 0 Å². The third-order valence-corrected chi connectivity index (χ3v) is 4.66. The van der Waals surface area contributed by atoms with Gasteiger partial charge in [0.05, 0.1) is 14.2 Å². The molecule has 0 aliphatic carbocycles. The molecule has 0 aromatic heterocycles. The van der Waals surface area contributed by atoms with E-state index in [1.807, 2.05) is 54.6 Å². The van der Waals surface area contributed by atoms with Crippen LogP contribution >= 0.6 is 0 Å². The summed E-state index contributed by atoms with van der Waals surface area (Å²) in [6.45, 7) is 3.02. The molecule has 0 unspecified atom stereocenters. The van der Waals surface area contributed by atoms with Crippen LogP contribution in [0.25, 0.3) is 12.2 Å². The number of ether oxygens (including phenoxy) is 5. The second-order valence-corrected chi connectivity index (χ2v) is 7.25. The fraction of sp³-hybridized carbons (Fsp3) is 0.185. The summed E-state index contributed by atoms with van der Waals surface area (Å²) in [6.07, 6.45) is 3.54. The van der Waals surface area contributed by atoms with E-state index in [0.29, 0.717) is 23.7 Å². The minimum absolute atomic E-state index is 0.219. The summed E-state index contributed by atoms with van der Waals surface area (Å²) in [7, 11) is 3.01. The third-order valence-electron chi connectivity index (χ3n) is 4.66. The third kappa shape index (κ3) is 6.62. The summed E-state index contributed by atoms with van der Waals surface area (Å²) >= 11 is 0. The number of hydrogen-bond acceptors (Lipinski definition) is 7. The second kappa shape index (κ2) is 11.6. The molecule has 176 valence electrons. The highest BCUT2D eigenvalue weighted by Crippen LogP contribution is 2.38. The van der Waals surface area contributed by atoms with Gasteiger partial charge in [0, 0.05) is 25.5 Å². The zero-order valence-corrected chi connectivity index (χ0v) is 19.5. The van der Waals surface area contributed by atoms with Crippen LogP contribution in [0.15, 0.2) is 60.7 Å². The predicted octanol–water partition coefficient (Wildman–Crippen LogP) is 5.30. The number of esters is 2. The number of carbonyl (C=O) groups excluding carboxylic acids is 2. The van der Waals surface area contributed by atoms with Gasteiger partial charge in [-0.05, 0) is 29.3 Å². The fourth-order valence-corrected chi connectivity index (χ4v) is 3.18. The quantitative estimate of drug-likeness (QED) is 0.242. The number of hydrogen-bond donors (Lipinski definition) is 0. The largest absolute Gasteiger partial charge is 0.493 e. The summed E-state index contributed by atoms with van der Waals surface area (Å²) in [4.78, 5) is 23.1. The van der Waals surface area contributed by atoms with Crippen LogP contribution in [0.5, 0.6) is 28.7 Å². The molecule has 0 saturated heterocycles. The molecule has 0 radical (unpaired) electrons. The Labute approximate surface area is 198 Å². The molecule has 0 aliphatic heterocycles. The maximum Gasteiger partial charge on any atom is 0.308 e. The number of methoxy groups -OCH3 is 2. The highest BCUT2D eigenvalue weighted by molar-refractivity contribution is 5.80. The second-order valence-electron chi connectivity index (χ2n) is 7.25. The van der Waals surface area contributed by atoms with Crippen molar-refractivity contribution in [2.75, 3.05) is 14.2 Å². The van der Waals surface area contributed by atoms with Gasteiger partial charge in [0.15, 0.2) is 23.0 Å². The lowest BCUT2D eigenvalue weighted by atomic mass is 10.1. The van der Waals surface area contributed by atoms with Crippen molar-refractivity contribution in [3.63, 3.8) is 0 Å². The molecular formula is C27H26O7. The first-order valence-electron chi connectivity index (χ1n) is 10.5. The van der Waals surface area contributed by atoms with E-state index >= 15 is 0 Å². The van der Waals surface area contributed by atoms with Crippen molar-refractivity contribution in [3.05, 3.63) is 77.4 Å². The highest BCUT2D eigenvalue weighted by atomic mass is 16.6. The van der Waals surface area contributed by atoms with E-state index in [1.54, 1.807) is 19.3 Å². The van der Waals surface area contributed by atoms with Gasteiger partial charge in [-0.25, -0.2) is 0 Å². The van der Waals surface area contributed by atoms with Crippen LogP contribution in [0.3, 0.4) is 0 Å². The van der Waals surface area contributed by atoms with E-state index < -0.39 is 11.9 Å². The molecule has 0 bridgehead atoms. The van der Waals surface area contributed by atoms with Gasteiger partial charge >= 0.3 is 11.9 Å². The first-order valence-corrected chi connectivity index (χ1v) is 10.5. The number of carbonyl (C=O) groups is 2. The van der Waals surface area contributed by atoms with Gasteiger partial charge in [0.2, 0.25) is 0 Å². The van der Waals surface area contributed by atoms with Gasteiger partial charge in [0.25, 0.3) is 0 Å². The van der Waals surface area contributed by atoms with Crippen LogP contribution in [-0.2, 0) is 16.2 Å². The average molecular weight is 462 g/mol. The Balaban J connectivity index is 1.89. The topological polar surface area (TPSA) is 80.3 Å². The lowest BCUT2D eigenvalue weighted by Gasteiger charge is -2.13. The van der Waals surface area contributed by atoms with Gasteiger partial charge in [-0.3, -0.25) is 9.59 Å². The van der Waals surface area contributed by atoms with Gasteiger partial charge in [-0.2, -0.15) is 0 Å². The van der Waals surface area contributed by atoms with Crippen molar-refractivity contribution >= 4 is 24.1 Å². The zero-order valence-electron chi connectivity index (χ0n) is 19.5. The van der Waals surface area contributed by atoms with Crippen LogP contribution < -0.4 is 23.7 Å². The van der Waals surface area contributed by atoms with E-state index in [2.05, 4.69) is 0 Å². The summed E-state index contributed by atoms with van der Waals surface area (Å²) in [5.74, 6) is 0.949. The standard InChI is InChI=1S/C27H26O7/c1-18(28)33-23-15-22(27(34-19(2)29)26(16-23)31-4)12-10-20-11-13-24(25(14-20)30-3)32-17-21-8-6-5-7-9-21/h5-16H,17H2,1-4H3/b12-10+. The fourth-order valence-electron chi connectivity index (χ4n) is 3.18. The summed E-state index contributed by atoms with van der Waals surface area (Å²) < 4.78 is 27.3. The SMILES string of the molecule is COc1cc(/C=C/c2cc(OC(C)=O)cc(OC)c2OC(C)=O)ccc1OCc1ccccc1. The number of benzene rings is 3. The molecule has 0 fully saturated rings. The maximum atomic E-state index is 11.6. The van der Waals surface area contributed by atoms with Crippen molar-refractivity contribution in [2.45, 2.75) is 20.5 Å². The molecule has 0 saturated carbocycles. The molecule has 3 aromatic rings. The minimum atomic E-state index is -0.505. The molecule has 7 nitrogen and oxygen atoms in total. The van der Waals surface area contributed by atoms with Crippen molar-refractivity contribution in [3.8, 4) is 28.7 Å². The molecule has 0 spiro atoms. The van der Waals surface area contributed by atoms with Crippen LogP contribution in [0.1, 0.15) is 30.5 Å². The predicted molar refractivity (Wildman–Crippen MR) is 128 cm³/mol. The summed E-state index contributed by atoms with van der Waals surface area (Å²) in [5, 5.41) is 0. The average Bonchev–Trinajstić information content (AvgIpc) is 2.82. The molecule has 3 rings (SSSR count). The van der Waals surface area contributed by atoms with E-state index in [0.717, 1.165) is 11.1 Å². The Morgan fingerprint density at radius 2 is 1.47 bits per heavy atom. The highest BCUT2D eigenvalue weighted by Gasteiger charge is 2.15. The zero-order chi connectivity index (χ0) is 24.5. The molecule has 7 heteroatoms. The molecule has 0 amide bonds. The van der Waals surface area contributed by atoms with Crippen molar-refractivity contribution in [1.82, 2.24) is 0 Å². The van der Waals surface area contributed by atoms with Gasteiger partial charge in [0.1, 0.15) is 12.4 Å². The maximum absolute atomic E-state index is 11.6. The first-order chi connectivity index (χ1) is 16.4. The lowest BCUT2D eigenvalue weighted by Crippen LogP contribution is -2.06. The lowest BCUT2D eigenvalue weighted by molar-refractivity contribution is -0.133. The molecule has 0 aliphatic rings. The Morgan fingerprint density at radius 1 is 0.765 bits per heavy atom. The van der Waals surface area contributed by atoms with Gasteiger partial charge in [-0.15, -0.1) is 0 Å². The van der Waals surface area contributed by atoms with Gasteiger partial charge < -0.3 is 23.7 Å². The molecular weight excluding hydrogens is 436 g/mol. The van der Waals surface area contributed by atoms with E-state index in [9.17, 15) is 9.59 Å². The van der Waals surface area contributed by atoms with E-state index in [1.165, 1.54) is 27.0 Å². The molecule has 34 heavy (non-hydrogen) atoms. The van der Waals surface area contributed by atoms with Crippen molar-refractivity contribution in [2.24, 2.45) is 0 Å².